The van der Waals surface area contributed by atoms with Crippen LogP contribution in [0.4, 0.5) is 0 Å². The van der Waals surface area contributed by atoms with Crippen molar-refractivity contribution in [2.45, 2.75) is 45.3 Å². The predicted molar refractivity (Wildman–Crippen MR) is 72.7 cm³/mol. The Kier molecular flexibility index (Phi) is 4.65. The Hall–Kier alpha value is -0.580. The molecule has 2 rings (SSSR count). The maximum Gasteiger partial charge on any atom is 0.0863 e. The highest BCUT2D eigenvalue weighted by atomic mass is 35.5. The van der Waals surface area contributed by atoms with Gasteiger partial charge in [0.1, 0.15) is 0 Å². The maximum atomic E-state index is 9.48. The van der Waals surface area contributed by atoms with Gasteiger partial charge in [-0.05, 0) is 38.1 Å². The van der Waals surface area contributed by atoms with Crippen molar-refractivity contribution in [3.05, 3.63) is 16.4 Å². The minimum atomic E-state index is -0.0937. The molecule has 0 bridgehead atoms. The highest BCUT2D eigenvalue weighted by Gasteiger charge is 2.22. The first-order valence-electron chi connectivity index (χ1n) is 6.70. The highest BCUT2D eigenvalue weighted by Crippen LogP contribution is 2.25. The van der Waals surface area contributed by atoms with Crippen molar-refractivity contribution in [2.75, 3.05) is 6.54 Å². The summed E-state index contributed by atoms with van der Waals surface area (Å²) in [6, 6.07) is 0. The lowest BCUT2D eigenvalue weighted by Crippen LogP contribution is -2.22. The first-order chi connectivity index (χ1) is 8.61. The van der Waals surface area contributed by atoms with Gasteiger partial charge in [0.25, 0.3) is 0 Å². The van der Waals surface area contributed by atoms with Crippen LogP contribution in [-0.2, 0) is 20.0 Å². The zero-order valence-corrected chi connectivity index (χ0v) is 11.9. The van der Waals surface area contributed by atoms with E-state index in [-0.39, 0.29) is 6.10 Å². The lowest BCUT2D eigenvalue weighted by molar-refractivity contribution is 0.177. The van der Waals surface area contributed by atoms with Crippen molar-refractivity contribution in [2.24, 2.45) is 13.0 Å². The van der Waals surface area contributed by atoms with E-state index in [1.807, 2.05) is 11.7 Å². The summed E-state index contributed by atoms with van der Waals surface area (Å²) >= 11 is 6.29. The number of aromatic nitrogens is 2. The Balaban J connectivity index is 1.85. The van der Waals surface area contributed by atoms with Crippen molar-refractivity contribution < 1.29 is 5.11 Å². The Morgan fingerprint density at radius 3 is 2.83 bits per heavy atom. The van der Waals surface area contributed by atoms with Crippen LogP contribution in [0.1, 0.15) is 37.6 Å². The summed E-state index contributed by atoms with van der Waals surface area (Å²) in [6.07, 6.45) is 3.75. The molecule has 2 unspecified atom stereocenters. The van der Waals surface area contributed by atoms with E-state index < -0.39 is 0 Å². The third-order valence-corrected chi connectivity index (χ3v) is 4.18. The van der Waals surface area contributed by atoms with Gasteiger partial charge in [-0.2, -0.15) is 5.10 Å². The molecule has 0 spiro atoms. The zero-order chi connectivity index (χ0) is 13.1. The predicted octanol–water partition coefficient (Wildman–Crippen LogP) is 1.89. The summed E-state index contributed by atoms with van der Waals surface area (Å²) in [5.41, 5.74) is 2.01. The number of hydrogen-bond acceptors (Lipinski definition) is 3. The molecule has 102 valence electrons. The molecule has 0 saturated heterocycles. The molecule has 1 fully saturated rings. The van der Waals surface area contributed by atoms with E-state index in [1.165, 1.54) is 0 Å². The number of aliphatic hydroxyl groups excluding tert-OH is 1. The second kappa shape index (κ2) is 6.04. The quantitative estimate of drug-likeness (QED) is 0.860. The van der Waals surface area contributed by atoms with Crippen molar-refractivity contribution in [3.8, 4) is 0 Å². The summed E-state index contributed by atoms with van der Waals surface area (Å²) in [4.78, 5) is 0. The van der Waals surface area contributed by atoms with Gasteiger partial charge in [-0.3, -0.25) is 4.68 Å². The van der Waals surface area contributed by atoms with Crippen LogP contribution in [0, 0.1) is 5.92 Å². The SMILES string of the molecule is CCc1nn(C)c(CNCC2CCC(O)C2)c1Cl. The minimum absolute atomic E-state index is 0.0937. The third-order valence-electron chi connectivity index (χ3n) is 3.74. The molecule has 1 saturated carbocycles. The van der Waals surface area contributed by atoms with Gasteiger partial charge >= 0.3 is 0 Å². The monoisotopic (exact) mass is 271 g/mol. The standard InChI is InChI=1S/C13H22ClN3O/c1-3-11-13(14)12(17(2)16-11)8-15-7-9-4-5-10(18)6-9/h9-10,15,18H,3-8H2,1-2H3. The van der Waals surface area contributed by atoms with Gasteiger partial charge in [0.15, 0.2) is 0 Å². The first-order valence-corrected chi connectivity index (χ1v) is 7.08. The van der Waals surface area contributed by atoms with Gasteiger partial charge in [0.2, 0.25) is 0 Å². The molecule has 0 radical (unpaired) electrons. The fraction of sp³-hybridized carbons (Fsp3) is 0.769. The average Bonchev–Trinajstić information content (AvgIpc) is 2.86. The molecule has 5 heteroatoms. The summed E-state index contributed by atoms with van der Waals surface area (Å²) < 4.78 is 1.86. The average molecular weight is 272 g/mol. The lowest BCUT2D eigenvalue weighted by atomic mass is 10.1. The summed E-state index contributed by atoms with van der Waals surface area (Å²) in [5, 5.41) is 18.1. The Morgan fingerprint density at radius 1 is 1.50 bits per heavy atom. The molecule has 1 heterocycles. The van der Waals surface area contributed by atoms with Crippen LogP contribution in [0.15, 0.2) is 0 Å². The topological polar surface area (TPSA) is 50.1 Å². The van der Waals surface area contributed by atoms with E-state index in [1.54, 1.807) is 0 Å². The van der Waals surface area contributed by atoms with E-state index in [9.17, 15) is 5.11 Å². The van der Waals surface area contributed by atoms with Crippen molar-refractivity contribution in [1.29, 1.82) is 0 Å². The lowest BCUT2D eigenvalue weighted by Gasteiger charge is -2.11. The second-order valence-electron chi connectivity index (χ2n) is 5.15. The molecule has 0 amide bonds. The summed E-state index contributed by atoms with van der Waals surface area (Å²) in [6.45, 7) is 3.75. The number of rotatable bonds is 5. The fourth-order valence-electron chi connectivity index (χ4n) is 2.64. The van der Waals surface area contributed by atoms with E-state index in [0.717, 1.165) is 55.2 Å². The molecule has 1 aromatic heterocycles. The maximum absolute atomic E-state index is 9.48. The number of nitrogens with one attached hydrogen (secondary N) is 1. The van der Waals surface area contributed by atoms with Gasteiger partial charge in [-0.25, -0.2) is 0 Å². The Bertz CT molecular complexity index is 405. The molecule has 0 aromatic carbocycles. The van der Waals surface area contributed by atoms with Crippen LogP contribution in [-0.4, -0.2) is 27.5 Å². The molecule has 2 atom stereocenters. The van der Waals surface area contributed by atoms with E-state index in [0.29, 0.717) is 5.92 Å². The molecule has 4 nitrogen and oxygen atoms in total. The van der Waals surface area contributed by atoms with Crippen molar-refractivity contribution >= 4 is 11.6 Å². The van der Waals surface area contributed by atoms with Crippen LogP contribution < -0.4 is 5.32 Å². The molecule has 0 aliphatic heterocycles. The number of halogens is 1. The van der Waals surface area contributed by atoms with E-state index in [2.05, 4.69) is 17.3 Å². The highest BCUT2D eigenvalue weighted by molar-refractivity contribution is 6.31. The normalized spacial score (nSPS) is 23.8. The number of hydrogen-bond donors (Lipinski definition) is 2. The van der Waals surface area contributed by atoms with Crippen LogP contribution in [0.5, 0.6) is 0 Å². The van der Waals surface area contributed by atoms with Gasteiger partial charge in [-0.15, -0.1) is 0 Å². The molecular weight excluding hydrogens is 250 g/mol. The van der Waals surface area contributed by atoms with Gasteiger partial charge in [-0.1, -0.05) is 18.5 Å². The molecule has 18 heavy (non-hydrogen) atoms. The smallest absolute Gasteiger partial charge is 0.0863 e. The van der Waals surface area contributed by atoms with Crippen LogP contribution in [0.2, 0.25) is 5.02 Å². The van der Waals surface area contributed by atoms with Crippen LogP contribution in [0.3, 0.4) is 0 Å². The molecular formula is C13H22ClN3O. The van der Waals surface area contributed by atoms with Gasteiger partial charge < -0.3 is 10.4 Å². The van der Waals surface area contributed by atoms with Crippen molar-refractivity contribution in [1.82, 2.24) is 15.1 Å². The summed E-state index contributed by atoms with van der Waals surface area (Å²) in [7, 11) is 1.93. The van der Waals surface area contributed by atoms with Gasteiger partial charge in [0.05, 0.1) is 22.5 Å². The molecule has 2 N–H and O–H groups in total. The second-order valence-corrected chi connectivity index (χ2v) is 5.53. The number of nitrogens with zero attached hydrogens (tertiary/aromatic N) is 2. The zero-order valence-electron chi connectivity index (χ0n) is 11.1. The molecule has 1 aliphatic carbocycles. The van der Waals surface area contributed by atoms with Crippen molar-refractivity contribution in [3.63, 3.8) is 0 Å². The Morgan fingerprint density at radius 2 is 2.28 bits per heavy atom. The fourth-order valence-corrected chi connectivity index (χ4v) is 3.00. The third kappa shape index (κ3) is 3.05. The van der Waals surface area contributed by atoms with E-state index >= 15 is 0 Å². The first kappa shape index (κ1) is 13.8. The number of aliphatic hydroxyl groups is 1. The van der Waals surface area contributed by atoms with Crippen LogP contribution >= 0.6 is 11.6 Å². The largest absolute Gasteiger partial charge is 0.393 e. The van der Waals surface area contributed by atoms with E-state index in [4.69, 9.17) is 11.6 Å². The molecule has 1 aliphatic rings. The minimum Gasteiger partial charge on any atom is -0.393 e. The summed E-state index contributed by atoms with van der Waals surface area (Å²) in [5.74, 6) is 0.595. The Labute approximate surface area is 113 Å². The van der Waals surface area contributed by atoms with Crippen LogP contribution in [0.25, 0.3) is 0 Å². The van der Waals surface area contributed by atoms with Gasteiger partial charge in [0, 0.05) is 13.6 Å². The number of aryl methyl sites for hydroxylation is 2. The molecule has 1 aromatic rings.